The fraction of sp³-hybridized carbons (Fsp3) is 0.667. The second-order valence-electron chi connectivity index (χ2n) is 6.60. The highest BCUT2D eigenvalue weighted by Crippen LogP contribution is 2.22. The number of rotatable bonds is 4. The smallest absolute Gasteiger partial charge is 0.223 e. The summed E-state index contributed by atoms with van der Waals surface area (Å²) >= 11 is 0. The summed E-state index contributed by atoms with van der Waals surface area (Å²) in [5.74, 6) is 0.446. The zero-order chi connectivity index (χ0) is 16.8. The molecule has 0 spiro atoms. The van der Waals surface area contributed by atoms with Gasteiger partial charge in [-0.25, -0.2) is 0 Å². The number of morpholine rings is 1. The molecule has 1 aromatic heterocycles. The van der Waals surface area contributed by atoms with Crippen LogP contribution in [0.25, 0.3) is 0 Å². The van der Waals surface area contributed by atoms with Gasteiger partial charge in [-0.1, -0.05) is 6.07 Å². The summed E-state index contributed by atoms with van der Waals surface area (Å²) in [6.45, 7) is 8.03. The van der Waals surface area contributed by atoms with Gasteiger partial charge in [0.2, 0.25) is 5.91 Å². The van der Waals surface area contributed by atoms with Gasteiger partial charge in [-0.3, -0.25) is 14.7 Å². The van der Waals surface area contributed by atoms with Crippen LogP contribution in [-0.2, 0) is 20.8 Å². The Morgan fingerprint density at radius 2 is 2.04 bits per heavy atom. The summed E-state index contributed by atoms with van der Waals surface area (Å²) in [5.41, 5.74) is 1.20. The van der Waals surface area contributed by atoms with Crippen LogP contribution in [0.4, 0.5) is 0 Å². The Morgan fingerprint density at radius 3 is 2.79 bits per heavy atom. The molecule has 2 aliphatic rings. The molecule has 1 amide bonds. The van der Waals surface area contributed by atoms with Crippen molar-refractivity contribution in [3.63, 3.8) is 0 Å². The molecule has 1 aromatic rings. The Kier molecular flexibility index (Phi) is 6.18. The van der Waals surface area contributed by atoms with E-state index in [0.717, 1.165) is 13.1 Å². The maximum absolute atomic E-state index is 12.6. The molecule has 24 heavy (non-hydrogen) atoms. The van der Waals surface area contributed by atoms with E-state index in [9.17, 15) is 4.79 Å². The van der Waals surface area contributed by atoms with Gasteiger partial charge in [0, 0.05) is 57.0 Å². The molecule has 2 saturated heterocycles. The number of aromatic nitrogens is 1. The van der Waals surface area contributed by atoms with Crippen molar-refractivity contribution in [2.24, 2.45) is 5.92 Å². The van der Waals surface area contributed by atoms with Gasteiger partial charge in [0.25, 0.3) is 0 Å². The van der Waals surface area contributed by atoms with E-state index in [0.29, 0.717) is 52.0 Å². The molecule has 0 aromatic carbocycles. The third-order valence-electron chi connectivity index (χ3n) is 5.02. The van der Waals surface area contributed by atoms with Crippen LogP contribution >= 0.6 is 0 Å². The average molecular weight is 333 g/mol. The van der Waals surface area contributed by atoms with Gasteiger partial charge in [-0.2, -0.15) is 0 Å². The minimum Gasteiger partial charge on any atom is -0.380 e. The lowest BCUT2D eigenvalue weighted by Crippen LogP contribution is -2.44. The number of hydrogen-bond donors (Lipinski definition) is 0. The van der Waals surface area contributed by atoms with Crippen molar-refractivity contribution in [1.82, 2.24) is 14.8 Å². The maximum atomic E-state index is 12.6. The van der Waals surface area contributed by atoms with Crippen molar-refractivity contribution in [3.05, 3.63) is 30.1 Å². The summed E-state index contributed by atoms with van der Waals surface area (Å²) in [5, 5.41) is 0. The van der Waals surface area contributed by atoms with Crippen LogP contribution < -0.4 is 0 Å². The second-order valence-corrected chi connectivity index (χ2v) is 6.60. The summed E-state index contributed by atoms with van der Waals surface area (Å²) < 4.78 is 11.1. The highest BCUT2D eigenvalue weighted by atomic mass is 16.5. The number of carbonyl (C=O) groups excluding carboxylic acids is 1. The van der Waals surface area contributed by atoms with E-state index in [1.807, 2.05) is 17.2 Å². The third-order valence-corrected chi connectivity index (χ3v) is 5.02. The predicted molar refractivity (Wildman–Crippen MR) is 90.4 cm³/mol. The molecule has 0 bridgehead atoms. The third kappa shape index (κ3) is 4.53. The van der Waals surface area contributed by atoms with Crippen molar-refractivity contribution in [2.45, 2.75) is 25.9 Å². The first-order chi connectivity index (χ1) is 11.7. The van der Waals surface area contributed by atoms with Crippen LogP contribution in [-0.4, -0.2) is 72.8 Å². The quantitative estimate of drug-likeness (QED) is 0.828. The van der Waals surface area contributed by atoms with E-state index in [1.165, 1.54) is 5.56 Å². The Labute approximate surface area is 143 Å². The first-order valence-electron chi connectivity index (χ1n) is 8.80. The predicted octanol–water partition coefficient (Wildman–Crippen LogP) is 1.17. The van der Waals surface area contributed by atoms with Crippen molar-refractivity contribution in [2.75, 3.05) is 46.1 Å². The molecular weight excluding hydrogens is 306 g/mol. The Balaban J connectivity index is 1.60. The molecule has 2 aliphatic heterocycles. The number of ether oxygens (including phenoxy) is 2. The Hall–Kier alpha value is -1.50. The minimum atomic E-state index is 0.222. The minimum absolute atomic E-state index is 0.222. The van der Waals surface area contributed by atoms with Crippen molar-refractivity contribution in [3.8, 4) is 0 Å². The van der Waals surface area contributed by atoms with Gasteiger partial charge in [0.15, 0.2) is 0 Å². The van der Waals surface area contributed by atoms with Crippen LogP contribution in [0.3, 0.4) is 0 Å². The number of amides is 1. The standard InChI is InChI=1S/C18H27N3O3/c1-15-17(11-18(22)20-5-8-23-9-6-20)14-24-10-7-21(15)13-16-3-2-4-19-12-16/h2-4,12,15,17H,5-11,13-14H2,1H3/t15-,17+/m1/s1. The van der Waals surface area contributed by atoms with Crippen LogP contribution in [0.2, 0.25) is 0 Å². The van der Waals surface area contributed by atoms with Crippen molar-refractivity contribution in [1.29, 1.82) is 0 Å². The van der Waals surface area contributed by atoms with Crippen LogP contribution in [0, 0.1) is 5.92 Å². The van der Waals surface area contributed by atoms with Crippen LogP contribution in [0.15, 0.2) is 24.5 Å². The molecule has 0 saturated carbocycles. The summed E-state index contributed by atoms with van der Waals surface area (Å²) in [7, 11) is 0. The summed E-state index contributed by atoms with van der Waals surface area (Å²) in [6.07, 6.45) is 4.25. The maximum Gasteiger partial charge on any atom is 0.223 e. The Bertz CT molecular complexity index is 520. The zero-order valence-corrected chi connectivity index (χ0v) is 14.4. The van der Waals surface area contributed by atoms with Gasteiger partial charge < -0.3 is 14.4 Å². The number of hydrogen-bond acceptors (Lipinski definition) is 5. The van der Waals surface area contributed by atoms with E-state index in [1.54, 1.807) is 6.20 Å². The first kappa shape index (κ1) is 17.3. The molecule has 0 unspecified atom stereocenters. The van der Waals surface area contributed by atoms with E-state index < -0.39 is 0 Å². The normalized spacial score (nSPS) is 26.1. The van der Waals surface area contributed by atoms with E-state index in [4.69, 9.17) is 9.47 Å². The lowest BCUT2D eigenvalue weighted by Gasteiger charge is -2.33. The molecule has 6 nitrogen and oxygen atoms in total. The molecule has 0 aliphatic carbocycles. The highest BCUT2D eigenvalue weighted by Gasteiger charge is 2.30. The molecule has 3 rings (SSSR count). The topological polar surface area (TPSA) is 54.9 Å². The van der Waals surface area contributed by atoms with Gasteiger partial charge in [-0.05, 0) is 18.6 Å². The molecule has 0 N–H and O–H groups in total. The Morgan fingerprint density at radius 1 is 1.25 bits per heavy atom. The highest BCUT2D eigenvalue weighted by molar-refractivity contribution is 5.76. The van der Waals surface area contributed by atoms with Crippen LogP contribution in [0.5, 0.6) is 0 Å². The molecule has 2 atom stereocenters. The lowest BCUT2D eigenvalue weighted by molar-refractivity contribution is -0.137. The molecule has 2 fully saturated rings. The summed E-state index contributed by atoms with van der Waals surface area (Å²) in [6, 6.07) is 4.37. The fourth-order valence-corrected chi connectivity index (χ4v) is 3.40. The molecule has 6 heteroatoms. The largest absolute Gasteiger partial charge is 0.380 e. The SMILES string of the molecule is C[C@@H]1[C@@H](CC(=O)N2CCOCC2)COCCN1Cc1cccnc1. The first-order valence-corrected chi connectivity index (χ1v) is 8.80. The fourth-order valence-electron chi connectivity index (χ4n) is 3.40. The second kappa shape index (κ2) is 8.55. The lowest BCUT2D eigenvalue weighted by atomic mass is 9.96. The van der Waals surface area contributed by atoms with E-state index in [2.05, 4.69) is 22.9 Å². The number of carbonyl (C=O) groups is 1. The molecule has 132 valence electrons. The average Bonchev–Trinajstić information content (AvgIpc) is 2.79. The van der Waals surface area contributed by atoms with E-state index in [-0.39, 0.29) is 11.8 Å². The molecule has 0 radical (unpaired) electrons. The van der Waals surface area contributed by atoms with Crippen LogP contribution in [0.1, 0.15) is 18.9 Å². The molecular formula is C18H27N3O3. The van der Waals surface area contributed by atoms with Gasteiger partial charge >= 0.3 is 0 Å². The van der Waals surface area contributed by atoms with E-state index >= 15 is 0 Å². The number of nitrogens with zero attached hydrogens (tertiary/aromatic N) is 3. The molecule has 3 heterocycles. The number of pyridine rings is 1. The monoisotopic (exact) mass is 333 g/mol. The van der Waals surface area contributed by atoms with Gasteiger partial charge in [0.1, 0.15) is 0 Å². The summed E-state index contributed by atoms with van der Waals surface area (Å²) in [4.78, 5) is 21.1. The van der Waals surface area contributed by atoms with Crippen molar-refractivity contribution < 1.29 is 14.3 Å². The zero-order valence-electron chi connectivity index (χ0n) is 14.4. The van der Waals surface area contributed by atoms with Crippen molar-refractivity contribution >= 4 is 5.91 Å². The van der Waals surface area contributed by atoms with Gasteiger partial charge in [-0.15, -0.1) is 0 Å². The van der Waals surface area contributed by atoms with Gasteiger partial charge in [0.05, 0.1) is 26.4 Å².